The summed E-state index contributed by atoms with van der Waals surface area (Å²) in [5, 5.41) is 2.87. The van der Waals surface area contributed by atoms with Crippen molar-refractivity contribution in [1.29, 1.82) is 0 Å². The first-order valence-electron chi connectivity index (χ1n) is 6.03. The molecule has 1 fully saturated rings. The number of nitrogens with one attached hydrogen (secondary N) is 1. The molecule has 0 aromatic carbocycles. The number of carbonyl (C=O) groups excluding carboxylic acids is 2. The molecule has 0 atom stereocenters. The Labute approximate surface area is 105 Å². The molecule has 1 aliphatic heterocycles. The third-order valence-corrected chi connectivity index (χ3v) is 3.16. The normalized spacial score (nSPS) is 16.3. The molecular formula is C12H16N4O2. The van der Waals surface area contributed by atoms with Gasteiger partial charge in [0.25, 0.3) is 5.91 Å². The second kappa shape index (κ2) is 6.09. The maximum absolute atomic E-state index is 11.7. The Hall–Kier alpha value is -1.98. The van der Waals surface area contributed by atoms with Gasteiger partial charge in [-0.1, -0.05) is 0 Å². The Morgan fingerprint density at radius 2 is 2.28 bits per heavy atom. The molecular weight excluding hydrogens is 232 g/mol. The Kier molecular flexibility index (Phi) is 4.22. The molecule has 2 heterocycles. The predicted octanol–water partition coefficient (Wildman–Crippen LogP) is 0.0748. The number of nitrogens with zero attached hydrogens (tertiary/aromatic N) is 3. The molecule has 0 saturated carbocycles. The third kappa shape index (κ3) is 3.26. The number of likely N-dealkylation sites (tertiary alicyclic amines) is 1. The second-order valence-electron chi connectivity index (χ2n) is 4.39. The molecule has 6 nitrogen and oxygen atoms in total. The van der Waals surface area contributed by atoms with E-state index in [1.807, 2.05) is 0 Å². The van der Waals surface area contributed by atoms with Crippen molar-refractivity contribution < 1.29 is 9.59 Å². The minimum absolute atomic E-state index is 0.171. The highest BCUT2D eigenvalue weighted by molar-refractivity contribution is 5.92. The highest BCUT2D eigenvalue weighted by Gasteiger charge is 2.18. The van der Waals surface area contributed by atoms with Crippen LogP contribution in [0.15, 0.2) is 18.6 Å². The van der Waals surface area contributed by atoms with E-state index in [2.05, 4.69) is 15.3 Å². The van der Waals surface area contributed by atoms with Crippen LogP contribution in [0.1, 0.15) is 23.3 Å². The molecule has 1 N–H and O–H groups in total. The molecule has 96 valence electrons. The fourth-order valence-electron chi connectivity index (χ4n) is 2.02. The van der Waals surface area contributed by atoms with Crippen molar-refractivity contribution in [2.24, 2.45) is 5.92 Å². The van der Waals surface area contributed by atoms with E-state index >= 15 is 0 Å². The monoisotopic (exact) mass is 248 g/mol. The maximum Gasteiger partial charge on any atom is 0.270 e. The van der Waals surface area contributed by atoms with Crippen molar-refractivity contribution in [3.63, 3.8) is 0 Å². The summed E-state index contributed by atoms with van der Waals surface area (Å²) in [6.07, 6.45) is 5.66. The summed E-state index contributed by atoms with van der Waals surface area (Å²) in [6.45, 7) is 2.19. The van der Waals surface area contributed by atoms with E-state index < -0.39 is 0 Å². The van der Waals surface area contributed by atoms with E-state index in [0.717, 1.165) is 32.3 Å². The zero-order chi connectivity index (χ0) is 12.8. The fourth-order valence-corrected chi connectivity index (χ4v) is 2.02. The SMILES string of the molecule is O=CN1CCC(CNC(=O)c2ccncn2)CC1. The molecule has 2 amide bonds. The summed E-state index contributed by atoms with van der Waals surface area (Å²) in [5.74, 6) is 0.266. The molecule has 2 rings (SSSR count). The topological polar surface area (TPSA) is 75.2 Å². The summed E-state index contributed by atoms with van der Waals surface area (Å²) >= 11 is 0. The second-order valence-corrected chi connectivity index (χ2v) is 4.39. The Morgan fingerprint density at radius 3 is 2.89 bits per heavy atom. The third-order valence-electron chi connectivity index (χ3n) is 3.16. The summed E-state index contributed by atoms with van der Waals surface area (Å²) in [4.78, 5) is 31.7. The Bertz CT molecular complexity index is 402. The van der Waals surface area contributed by atoms with Crippen LogP contribution in [0.5, 0.6) is 0 Å². The van der Waals surface area contributed by atoms with E-state index in [9.17, 15) is 9.59 Å². The quantitative estimate of drug-likeness (QED) is 0.765. The molecule has 0 unspecified atom stereocenters. The molecule has 0 spiro atoms. The summed E-state index contributed by atoms with van der Waals surface area (Å²) in [5.41, 5.74) is 0.385. The standard InChI is InChI=1S/C12H16N4O2/c17-9-16-5-2-10(3-6-16)7-14-12(18)11-1-4-13-8-15-11/h1,4,8-10H,2-3,5-7H2,(H,14,18). The predicted molar refractivity (Wildman–Crippen MR) is 64.7 cm³/mol. The lowest BCUT2D eigenvalue weighted by Gasteiger charge is -2.29. The first kappa shape index (κ1) is 12.5. The Balaban J connectivity index is 1.76. The van der Waals surface area contributed by atoms with Gasteiger partial charge in [-0.25, -0.2) is 9.97 Å². The minimum Gasteiger partial charge on any atom is -0.350 e. The molecule has 18 heavy (non-hydrogen) atoms. The van der Waals surface area contributed by atoms with E-state index in [-0.39, 0.29) is 5.91 Å². The smallest absolute Gasteiger partial charge is 0.270 e. The zero-order valence-electron chi connectivity index (χ0n) is 10.1. The lowest BCUT2D eigenvalue weighted by atomic mass is 9.97. The average molecular weight is 248 g/mol. The number of carbonyl (C=O) groups is 2. The van der Waals surface area contributed by atoms with Crippen LogP contribution in [0.25, 0.3) is 0 Å². The van der Waals surface area contributed by atoms with Crippen molar-refractivity contribution in [2.75, 3.05) is 19.6 Å². The molecule has 1 aliphatic rings. The van der Waals surface area contributed by atoms with Crippen molar-refractivity contribution in [3.8, 4) is 0 Å². The van der Waals surface area contributed by atoms with E-state index in [4.69, 9.17) is 0 Å². The molecule has 6 heteroatoms. The lowest BCUT2D eigenvalue weighted by molar-refractivity contribution is -0.119. The van der Waals surface area contributed by atoms with Gasteiger partial charge < -0.3 is 10.2 Å². The highest BCUT2D eigenvalue weighted by atomic mass is 16.2. The summed E-state index contributed by atoms with van der Waals surface area (Å²) in [6, 6.07) is 1.59. The van der Waals surface area contributed by atoms with E-state index in [1.54, 1.807) is 17.2 Å². The first-order valence-corrected chi connectivity index (χ1v) is 6.03. The average Bonchev–Trinajstić information content (AvgIpc) is 2.46. The molecule has 1 aromatic heterocycles. The van der Waals surface area contributed by atoms with Crippen LogP contribution in [-0.4, -0.2) is 46.8 Å². The van der Waals surface area contributed by atoms with Gasteiger partial charge in [0.2, 0.25) is 6.41 Å². The molecule has 1 aromatic rings. The van der Waals surface area contributed by atoms with Crippen LogP contribution in [0.4, 0.5) is 0 Å². The summed E-state index contributed by atoms with van der Waals surface area (Å²) < 4.78 is 0. The van der Waals surface area contributed by atoms with Crippen LogP contribution < -0.4 is 5.32 Å². The lowest BCUT2D eigenvalue weighted by Crippen LogP contribution is -2.38. The number of rotatable bonds is 4. The zero-order valence-corrected chi connectivity index (χ0v) is 10.1. The number of hydrogen-bond acceptors (Lipinski definition) is 4. The van der Waals surface area contributed by atoms with Crippen molar-refractivity contribution in [3.05, 3.63) is 24.3 Å². The van der Waals surface area contributed by atoms with Gasteiger partial charge in [0, 0.05) is 25.8 Å². The fraction of sp³-hybridized carbons (Fsp3) is 0.500. The van der Waals surface area contributed by atoms with Gasteiger partial charge in [0.1, 0.15) is 12.0 Å². The van der Waals surface area contributed by atoms with Crippen LogP contribution in [0, 0.1) is 5.92 Å². The van der Waals surface area contributed by atoms with Gasteiger partial charge in [-0.15, -0.1) is 0 Å². The van der Waals surface area contributed by atoms with Gasteiger partial charge >= 0.3 is 0 Å². The number of amides is 2. The molecule has 0 aliphatic carbocycles. The van der Waals surface area contributed by atoms with E-state index in [0.29, 0.717) is 18.2 Å². The van der Waals surface area contributed by atoms with Crippen LogP contribution >= 0.6 is 0 Å². The van der Waals surface area contributed by atoms with Gasteiger partial charge in [0.05, 0.1) is 0 Å². The van der Waals surface area contributed by atoms with Crippen molar-refractivity contribution in [2.45, 2.75) is 12.8 Å². The maximum atomic E-state index is 11.7. The minimum atomic E-state index is -0.171. The molecule has 0 radical (unpaired) electrons. The summed E-state index contributed by atoms with van der Waals surface area (Å²) in [7, 11) is 0. The van der Waals surface area contributed by atoms with Crippen LogP contribution in [0.3, 0.4) is 0 Å². The van der Waals surface area contributed by atoms with Gasteiger partial charge in [0.15, 0.2) is 0 Å². The highest BCUT2D eigenvalue weighted by Crippen LogP contribution is 2.14. The molecule has 0 bridgehead atoms. The van der Waals surface area contributed by atoms with Crippen molar-refractivity contribution >= 4 is 12.3 Å². The Morgan fingerprint density at radius 1 is 1.50 bits per heavy atom. The van der Waals surface area contributed by atoms with Crippen molar-refractivity contribution in [1.82, 2.24) is 20.2 Å². The largest absolute Gasteiger partial charge is 0.350 e. The van der Waals surface area contributed by atoms with Gasteiger partial charge in [-0.2, -0.15) is 0 Å². The number of aromatic nitrogens is 2. The number of piperidine rings is 1. The first-order chi connectivity index (χ1) is 8.79. The van der Waals surface area contributed by atoms with Gasteiger partial charge in [-0.3, -0.25) is 9.59 Å². The number of hydrogen-bond donors (Lipinski definition) is 1. The van der Waals surface area contributed by atoms with Crippen LogP contribution in [0.2, 0.25) is 0 Å². The molecule has 1 saturated heterocycles. The van der Waals surface area contributed by atoms with E-state index in [1.165, 1.54) is 6.33 Å². The van der Waals surface area contributed by atoms with Gasteiger partial charge in [-0.05, 0) is 24.8 Å². The van der Waals surface area contributed by atoms with Crippen LogP contribution in [-0.2, 0) is 4.79 Å².